The third-order valence-corrected chi connectivity index (χ3v) is 6.83. The first-order valence-electron chi connectivity index (χ1n) is 11.0. The summed E-state index contributed by atoms with van der Waals surface area (Å²) in [6.45, 7) is 2.95. The summed E-state index contributed by atoms with van der Waals surface area (Å²) in [5, 5.41) is 0. The molecule has 0 N–H and O–H groups in total. The van der Waals surface area contributed by atoms with Crippen LogP contribution in [0.25, 0.3) is 11.1 Å². The monoisotopic (exact) mass is 420 g/mol. The Hall–Kier alpha value is -1.88. The van der Waals surface area contributed by atoms with Gasteiger partial charge in [0.1, 0.15) is 5.82 Å². The van der Waals surface area contributed by atoms with E-state index in [1.165, 1.54) is 0 Å². The van der Waals surface area contributed by atoms with E-state index in [9.17, 15) is 13.2 Å². The van der Waals surface area contributed by atoms with Gasteiger partial charge in [0, 0.05) is 12.2 Å². The molecule has 4 rings (SSSR count). The van der Waals surface area contributed by atoms with Gasteiger partial charge in [0.2, 0.25) is 0 Å². The molecule has 5 heteroatoms. The minimum Gasteiger partial charge on any atom is -0.378 e. The molecule has 1 fully saturated rings. The molecule has 1 saturated carbocycles. The summed E-state index contributed by atoms with van der Waals surface area (Å²) in [6.07, 6.45) is 8.32. The predicted octanol–water partition coefficient (Wildman–Crippen LogP) is 7.00. The highest BCUT2D eigenvalue weighted by Gasteiger charge is 2.32. The molecule has 1 nitrogen and oxygen atoms in total. The summed E-state index contributed by atoms with van der Waals surface area (Å²) in [6, 6.07) is 5.15. The molecule has 1 atom stereocenters. The first-order chi connectivity index (χ1) is 14.5. The number of rotatable bonds is 5. The van der Waals surface area contributed by atoms with Crippen LogP contribution in [0.1, 0.15) is 56.6 Å². The van der Waals surface area contributed by atoms with Gasteiger partial charge in [0.15, 0.2) is 17.5 Å². The zero-order valence-electron chi connectivity index (χ0n) is 17.3. The molecular weight excluding hydrogens is 392 g/mol. The molecule has 0 aromatic heterocycles. The largest absolute Gasteiger partial charge is 0.378 e. The van der Waals surface area contributed by atoms with Gasteiger partial charge in [-0.1, -0.05) is 19.1 Å². The maximum absolute atomic E-state index is 15.2. The molecule has 0 spiro atoms. The summed E-state index contributed by atoms with van der Waals surface area (Å²) in [7, 11) is 0. The molecule has 2 aromatic rings. The smallest absolute Gasteiger partial charge is 0.194 e. The quantitative estimate of drug-likeness (QED) is 0.374. The SMILES string of the molecule is CCCOC1CCC(C2CCc3c(ccc(-c4cc(F)c(F)c(F)c4)c3F)C2)CC1. The van der Waals surface area contributed by atoms with E-state index in [0.29, 0.717) is 29.9 Å². The molecule has 1 unspecified atom stereocenters. The van der Waals surface area contributed by atoms with Crippen LogP contribution in [0.2, 0.25) is 0 Å². The summed E-state index contributed by atoms with van der Waals surface area (Å²) in [5.74, 6) is -3.40. The van der Waals surface area contributed by atoms with E-state index >= 15 is 4.39 Å². The van der Waals surface area contributed by atoms with Crippen LogP contribution in [0.15, 0.2) is 24.3 Å². The molecule has 0 bridgehead atoms. The lowest BCUT2D eigenvalue weighted by Crippen LogP contribution is -2.29. The van der Waals surface area contributed by atoms with Crippen molar-refractivity contribution in [2.45, 2.75) is 64.4 Å². The van der Waals surface area contributed by atoms with Crippen molar-refractivity contribution in [2.24, 2.45) is 11.8 Å². The molecule has 2 aromatic carbocycles. The van der Waals surface area contributed by atoms with Crippen molar-refractivity contribution in [2.75, 3.05) is 6.61 Å². The normalized spacial score (nSPS) is 24.0. The standard InChI is InChI=1S/C25H28F4O/c1-2-11-30-19-7-3-15(4-8-19)16-5-9-20-17(12-16)6-10-21(24(20)28)18-13-22(26)25(29)23(27)14-18/h6,10,13-16,19H,2-5,7-9,11-12H2,1H3. The second-order valence-electron chi connectivity index (χ2n) is 8.73. The third kappa shape index (κ3) is 4.27. The molecule has 2 aliphatic rings. The van der Waals surface area contributed by atoms with Gasteiger partial charge in [0.05, 0.1) is 6.10 Å². The van der Waals surface area contributed by atoms with E-state index < -0.39 is 23.3 Å². The van der Waals surface area contributed by atoms with Crippen molar-refractivity contribution in [3.05, 3.63) is 58.7 Å². The van der Waals surface area contributed by atoms with Crippen LogP contribution in [0.4, 0.5) is 17.6 Å². The lowest BCUT2D eigenvalue weighted by atomic mass is 9.71. The Morgan fingerprint density at radius 3 is 2.23 bits per heavy atom. The summed E-state index contributed by atoms with van der Waals surface area (Å²) < 4.78 is 61.5. The van der Waals surface area contributed by atoms with E-state index in [1.807, 2.05) is 6.07 Å². The highest BCUT2D eigenvalue weighted by atomic mass is 19.2. The first-order valence-corrected chi connectivity index (χ1v) is 11.0. The summed E-state index contributed by atoms with van der Waals surface area (Å²) in [4.78, 5) is 0. The minimum absolute atomic E-state index is 0.0271. The lowest BCUT2D eigenvalue weighted by Gasteiger charge is -2.36. The average molecular weight is 420 g/mol. The number of benzene rings is 2. The number of ether oxygens (including phenoxy) is 1. The molecule has 0 radical (unpaired) electrons. The fourth-order valence-electron chi connectivity index (χ4n) is 5.18. The number of halogens is 4. The average Bonchev–Trinajstić information content (AvgIpc) is 2.76. The molecular formula is C25H28F4O. The van der Waals surface area contributed by atoms with Crippen LogP contribution in [-0.4, -0.2) is 12.7 Å². The Labute approximate surface area is 175 Å². The fourth-order valence-corrected chi connectivity index (χ4v) is 5.18. The van der Waals surface area contributed by atoms with Crippen LogP contribution in [0, 0.1) is 35.1 Å². The van der Waals surface area contributed by atoms with Crippen molar-refractivity contribution in [3.63, 3.8) is 0 Å². The number of fused-ring (bicyclic) bond motifs is 1. The molecule has 162 valence electrons. The fraction of sp³-hybridized carbons (Fsp3) is 0.520. The molecule has 0 amide bonds. The van der Waals surface area contributed by atoms with Gasteiger partial charge < -0.3 is 4.74 Å². The molecule has 30 heavy (non-hydrogen) atoms. The Balaban J connectivity index is 1.48. The molecule has 0 saturated heterocycles. The zero-order chi connectivity index (χ0) is 21.3. The molecule has 2 aliphatic carbocycles. The van der Waals surface area contributed by atoms with Gasteiger partial charge >= 0.3 is 0 Å². The van der Waals surface area contributed by atoms with E-state index in [4.69, 9.17) is 4.74 Å². The number of hydrogen-bond acceptors (Lipinski definition) is 1. The van der Waals surface area contributed by atoms with Gasteiger partial charge in [-0.2, -0.15) is 0 Å². The van der Waals surface area contributed by atoms with Gasteiger partial charge in [-0.15, -0.1) is 0 Å². The van der Waals surface area contributed by atoms with Crippen molar-refractivity contribution in [1.29, 1.82) is 0 Å². The summed E-state index contributed by atoms with van der Waals surface area (Å²) >= 11 is 0. The second-order valence-corrected chi connectivity index (χ2v) is 8.73. The van der Waals surface area contributed by atoms with Crippen LogP contribution in [-0.2, 0) is 17.6 Å². The highest BCUT2D eigenvalue weighted by molar-refractivity contribution is 5.66. The van der Waals surface area contributed by atoms with E-state index in [-0.39, 0.29) is 11.1 Å². The minimum atomic E-state index is -1.53. The first kappa shape index (κ1) is 21.4. The van der Waals surface area contributed by atoms with Crippen LogP contribution >= 0.6 is 0 Å². The third-order valence-electron chi connectivity index (χ3n) is 6.83. The Kier molecular flexibility index (Phi) is 6.47. The number of hydrogen-bond donors (Lipinski definition) is 0. The van der Waals surface area contributed by atoms with Gasteiger partial charge in [-0.05, 0) is 92.0 Å². The highest BCUT2D eigenvalue weighted by Crippen LogP contribution is 2.40. The van der Waals surface area contributed by atoms with Gasteiger partial charge in [-0.25, -0.2) is 17.6 Å². The Bertz CT molecular complexity index is 879. The van der Waals surface area contributed by atoms with E-state index in [0.717, 1.165) is 69.2 Å². The lowest BCUT2D eigenvalue weighted by molar-refractivity contribution is 0.0104. The molecule has 0 heterocycles. The zero-order valence-corrected chi connectivity index (χ0v) is 17.3. The summed E-state index contributed by atoms with van der Waals surface area (Å²) in [5.41, 5.74) is 1.77. The maximum Gasteiger partial charge on any atom is 0.194 e. The van der Waals surface area contributed by atoms with Crippen molar-refractivity contribution in [1.82, 2.24) is 0 Å². The second kappa shape index (κ2) is 9.09. The van der Waals surface area contributed by atoms with Crippen LogP contribution in [0.3, 0.4) is 0 Å². The van der Waals surface area contributed by atoms with E-state index in [2.05, 4.69) is 6.92 Å². The van der Waals surface area contributed by atoms with E-state index in [1.54, 1.807) is 6.07 Å². The van der Waals surface area contributed by atoms with Crippen molar-refractivity contribution < 1.29 is 22.3 Å². The van der Waals surface area contributed by atoms with Crippen molar-refractivity contribution in [3.8, 4) is 11.1 Å². The van der Waals surface area contributed by atoms with Crippen LogP contribution in [0.5, 0.6) is 0 Å². The van der Waals surface area contributed by atoms with Crippen LogP contribution < -0.4 is 0 Å². The molecule has 0 aliphatic heterocycles. The predicted molar refractivity (Wildman–Crippen MR) is 109 cm³/mol. The Morgan fingerprint density at radius 1 is 0.867 bits per heavy atom. The van der Waals surface area contributed by atoms with Gasteiger partial charge in [0.25, 0.3) is 0 Å². The van der Waals surface area contributed by atoms with Crippen molar-refractivity contribution >= 4 is 0 Å². The Morgan fingerprint density at radius 2 is 1.57 bits per heavy atom. The van der Waals surface area contributed by atoms with Gasteiger partial charge in [-0.3, -0.25) is 0 Å². The maximum atomic E-state index is 15.2. The topological polar surface area (TPSA) is 9.23 Å².